The highest BCUT2D eigenvalue weighted by Crippen LogP contribution is 2.24. The van der Waals surface area contributed by atoms with Gasteiger partial charge in [0.25, 0.3) is 5.24 Å². The summed E-state index contributed by atoms with van der Waals surface area (Å²) < 4.78 is 5.32. The van der Waals surface area contributed by atoms with Crippen LogP contribution < -0.4 is 15.4 Å². The number of rotatable bonds is 4. The van der Waals surface area contributed by atoms with Crippen LogP contribution in [0.1, 0.15) is 18.4 Å². The molecule has 0 bridgehead atoms. The monoisotopic (exact) mass is 320 g/mol. The topological polar surface area (TPSA) is 84.5 Å². The lowest BCUT2D eigenvalue weighted by atomic mass is 10.1. The van der Waals surface area contributed by atoms with Crippen LogP contribution >= 0.6 is 11.8 Å². The van der Waals surface area contributed by atoms with E-state index in [1.54, 1.807) is 24.3 Å². The lowest BCUT2D eigenvalue weighted by Crippen LogP contribution is -2.34. The summed E-state index contributed by atoms with van der Waals surface area (Å²) in [6.07, 6.45) is 2.26. The average Bonchev–Trinajstić information content (AvgIpc) is 3.12. The Morgan fingerprint density at radius 2 is 2.05 bits per heavy atom. The van der Waals surface area contributed by atoms with E-state index >= 15 is 0 Å². The van der Waals surface area contributed by atoms with Gasteiger partial charge < -0.3 is 10.1 Å². The van der Waals surface area contributed by atoms with Crippen LogP contribution in [0.4, 0.5) is 4.79 Å². The first-order valence-electron chi connectivity index (χ1n) is 7.17. The molecule has 2 aliphatic heterocycles. The first kappa shape index (κ1) is 15.1. The molecule has 2 N–H and O–H groups in total. The Morgan fingerprint density at radius 1 is 1.27 bits per heavy atom. The minimum Gasteiger partial charge on any atom is -0.425 e. The van der Waals surface area contributed by atoms with Crippen LogP contribution in [-0.2, 0) is 16.0 Å². The Hall–Kier alpha value is -1.86. The summed E-state index contributed by atoms with van der Waals surface area (Å²) in [5.74, 6) is -0.0264. The fourth-order valence-electron chi connectivity index (χ4n) is 2.51. The van der Waals surface area contributed by atoms with E-state index in [1.165, 1.54) is 0 Å². The van der Waals surface area contributed by atoms with Crippen molar-refractivity contribution in [3.8, 4) is 5.75 Å². The van der Waals surface area contributed by atoms with Gasteiger partial charge in [-0.1, -0.05) is 23.9 Å². The minimum absolute atomic E-state index is 0.218. The summed E-state index contributed by atoms with van der Waals surface area (Å²) in [6, 6.07) is 6.82. The predicted molar refractivity (Wildman–Crippen MR) is 81.7 cm³/mol. The third-order valence-corrected chi connectivity index (χ3v) is 4.66. The highest BCUT2D eigenvalue weighted by molar-refractivity contribution is 8.15. The molecule has 0 spiro atoms. The van der Waals surface area contributed by atoms with Gasteiger partial charge in [0.05, 0.1) is 5.25 Å². The molecule has 22 heavy (non-hydrogen) atoms. The summed E-state index contributed by atoms with van der Waals surface area (Å²) in [4.78, 5) is 34.5. The Balaban J connectivity index is 1.57. The van der Waals surface area contributed by atoms with E-state index in [9.17, 15) is 14.4 Å². The van der Waals surface area contributed by atoms with E-state index in [2.05, 4.69) is 10.6 Å². The highest BCUT2D eigenvalue weighted by Gasteiger charge is 2.31. The Morgan fingerprint density at radius 3 is 2.64 bits per heavy atom. The van der Waals surface area contributed by atoms with Crippen molar-refractivity contribution in [1.82, 2.24) is 10.6 Å². The molecule has 2 fully saturated rings. The summed E-state index contributed by atoms with van der Waals surface area (Å²) in [6.45, 7) is 0.846. The summed E-state index contributed by atoms with van der Waals surface area (Å²) >= 11 is 1.01. The van der Waals surface area contributed by atoms with Gasteiger partial charge in [-0.3, -0.25) is 14.9 Å². The van der Waals surface area contributed by atoms with Crippen molar-refractivity contribution in [3.05, 3.63) is 29.8 Å². The number of imide groups is 1. The van der Waals surface area contributed by atoms with Gasteiger partial charge in [-0.25, -0.2) is 4.79 Å². The third kappa shape index (κ3) is 3.48. The number of esters is 1. The van der Waals surface area contributed by atoms with Crippen LogP contribution in [-0.4, -0.2) is 35.0 Å². The zero-order valence-electron chi connectivity index (χ0n) is 11.8. The van der Waals surface area contributed by atoms with Gasteiger partial charge >= 0.3 is 5.97 Å². The second-order valence-corrected chi connectivity index (χ2v) is 6.48. The van der Waals surface area contributed by atoms with E-state index in [4.69, 9.17) is 4.74 Å². The first-order chi connectivity index (χ1) is 10.6. The fourth-order valence-corrected chi connectivity index (χ4v) is 3.37. The molecule has 0 saturated carbocycles. The standard InChI is InChI=1S/C15H16N2O4S/c18-13-12(22-15(20)17-13)8-9-3-5-10(6-4-9)21-14(19)11-2-1-7-16-11/h3-6,11-12,16H,1-2,7-8H2,(H,17,18,20)/t11-,12?/m1/s1. The van der Waals surface area contributed by atoms with E-state index in [0.29, 0.717) is 12.2 Å². The molecule has 2 atom stereocenters. The van der Waals surface area contributed by atoms with Crippen LogP contribution in [0.3, 0.4) is 0 Å². The number of benzene rings is 1. The molecule has 2 heterocycles. The molecule has 1 aromatic rings. The van der Waals surface area contributed by atoms with Crippen molar-refractivity contribution in [2.24, 2.45) is 0 Å². The number of amides is 2. The molecule has 0 radical (unpaired) electrons. The maximum absolute atomic E-state index is 11.9. The molecule has 7 heteroatoms. The van der Waals surface area contributed by atoms with Crippen LogP contribution in [0.25, 0.3) is 0 Å². The molecule has 0 aliphatic carbocycles. The number of carbonyl (C=O) groups is 3. The lowest BCUT2D eigenvalue weighted by Gasteiger charge is -2.11. The molecule has 0 aromatic heterocycles. The number of thioether (sulfide) groups is 1. The largest absolute Gasteiger partial charge is 0.425 e. The van der Waals surface area contributed by atoms with Crippen molar-refractivity contribution in [2.75, 3.05) is 6.54 Å². The molecule has 2 amide bonds. The van der Waals surface area contributed by atoms with Gasteiger partial charge in [0.2, 0.25) is 5.91 Å². The number of hydrogen-bond donors (Lipinski definition) is 2. The maximum Gasteiger partial charge on any atom is 0.328 e. The third-order valence-electron chi connectivity index (χ3n) is 3.67. The van der Waals surface area contributed by atoms with Crippen LogP contribution in [0.15, 0.2) is 24.3 Å². The summed E-state index contributed by atoms with van der Waals surface area (Å²) in [5.41, 5.74) is 0.918. The van der Waals surface area contributed by atoms with Crippen LogP contribution in [0.5, 0.6) is 5.75 Å². The van der Waals surface area contributed by atoms with Crippen molar-refractivity contribution < 1.29 is 19.1 Å². The summed E-state index contributed by atoms with van der Waals surface area (Å²) in [5, 5.41) is 4.67. The van der Waals surface area contributed by atoms with Gasteiger partial charge in [-0.05, 0) is 43.5 Å². The Labute approximate surface area is 132 Å². The predicted octanol–water partition coefficient (Wildman–Crippen LogP) is 1.24. The van der Waals surface area contributed by atoms with E-state index < -0.39 is 0 Å². The quantitative estimate of drug-likeness (QED) is 0.641. The lowest BCUT2D eigenvalue weighted by molar-refractivity contribution is -0.136. The molecule has 116 valence electrons. The van der Waals surface area contributed by atoms with Gasteiger partial charge in [-0.15, -0.1) is 0 Å². The Kier molecular flexibility index (Phi) is 4.44. The Bertz CT molecular complexity index is 596. The number of carbonyl (C=O) groups excluding carboxylic acids is 3. The number of nitrogens with one attached hydrogen (secondary N) is 2. The maximum atomic E-state index is 11.9. The molecule has 1 unspecified atom stereocenters. The van der Waals surface area contributed by atoms with Crippen molar-refractivity contribution in [2.45, 2.75) is 30.6 Å². The molecule has 2 saturated heterocycles. The van der Waals surface area contributed by atoms with E-state index in [-0.39, 0.29) is 28.4 Å². The van der Waals surface area contributed by atoms with Crippen LogP contribution in [0.2, 0.25) is 0 Å². The normalized spacial score (nSPS) is 24.4. The molecular formula is C15H16N2O4S. The number of hydrogen-bond acceptors (Lipinski definition) is 6. The van der Waals surface area contributed by atoms with E-state index in [0.717, 1.165) is 36.7 Å². The van der Waals surface area contributed by atoms with Gasteiger partial charge in [0, 0.05) is 0 Å². The molecule has 6 nitrogen and oxygen atoms in total. The first-order valence-corrected chi connectivity index (χ1v) is 8.05. The van der Waals surface area contributed by atoms with E-state index in [1.807, 2.05) is 0 Å². The van der Waals surface area contributed by atoms with Gasteiger partial charge in [0.1, 0.15) is 11.8 Å². The van der Waals surface area contributed by atoms with Crippen molar-refractivity contribution >= 4 is 28.9 Å². The van der Waals surface area contributed by atoms with Crippen LogP contribution in [0, 0.1) is 0 Å². The van der Waals surface area contributed by atoms with Gasteiger partial charge in [0.15, 0.2) is 0 Å². The average molecular weight is 320 g/mol. The fraction of sp³-hybridized carbons (Fsp3) is 0.400. The molecule has 2 aliphatic rings. The SMILES string of the molecule is O=C1NC(=O)C(Cc2ccc(OC(=O)[C@H]3CCCN3)cc2)S1. The highest BCUT2D eigenvalue weighted by atomic mass is 32.2. The second-order valence-electron chi connectivity index (χ2n) is 5.30. The zero-order chi connectivity index (χ0) is 15.5. The smallest absolute Gasteiger partial charge is 0.328 e. The molecule has 1 aromatic carbocycles. The molecule has 3 rings (SSSR count). The summed E-state index contributed by atoms with van der Waals surface area (Å²) in [7, 11) is 0. The van der Waals surface area contributed by atoms with Crippen molar-refractivity contribution in [1.29, 1.82) is 0 Å². The second kappa shape index (κ2) is 6.50. The number of ether oxygens (including phenoxy) is 1. The minimum atomic E-state index is -0.386. The van der Waals surface area contributed by atoms with Gasteiger partial charge in [-0.2, -0.15) is 0 Å². The van der Waals surface area contributed by atoms with Crippen molar-refractivity contribution in [3.63, 3.8) is 0 Å². The molecular weight excluding hydrogens is 304 g/mol. The zero-order valence-corrected chi connectivity index (χ0v) is 12.7.